The first-order chi connectivity index (χ1) is 9.20. The molecule has 0 aliphatic carbocycles. The van der Waals surface area contributed by atoms with E-state index in [9.17, 15) is 9.90 Å². The first kappa shape index (κ1) is 14.0. The average molecular weight is 297 g/mol. The normalized spacial score (nSPS) is 12.1. The van der Waals surface area contributed by atoms with Crippen molar-refractivity contribution < 1.29 is 9.90 Å². The number of thiazole rings is 1. The van der Waals surface area contributed by atoms with Crippen LogP contribution in [0.25, 0.3) is 0 Å². The first-order valence-corrected chi connectivity index (χ1v) is 7.64. The molecule has 1 amide bonds. The summed E-state index contributed by atoms with van der Waals surface area (Å²) >= 11 is 2.82. The summed E-state index contributed by atoms with van der Waals surface area (Å²) < 4.78 is 0. The predicted molar refractivity (Wildman–Crippen MR) is 77.9 cm³/mol. The van der Waals surface area contributed by atoms with Crippen LogP contribution < -0.4 is 10.6 Å². The molecule has 0 bridgehead atoms. The summed E-state index contributed by atoms with van der Waals surface area (Å²) in [6.07, 6.45) is 0.867. The lowest BCUT2D eigenvalue weighted by atomic mass is 10.2. The van der Waals surface area contributed by atoms with E-state index in [1.807, 2.05) is 23.8 Å². The van der Waals surface area contributed by atoms with Crippen molar-refractivity contribution in [3.8, 4) is 0 Å². The molecule has 2 heterocycles. The first-order valence-electron chi connectivity index (χ1n) is 5.88. The molecule has 0 aliphatic heterocycles. The van der Waals surface area contributed by atoms with E-state index in [1.54, 1.807) is 0 Å². The van der Waals surface area contributed by atoms with Gasteiger partial charge in [-0.3, -0.25) is 4.79 Å². The molecule has 2 rings (SSSR count). The maximum atomic E-state index is 11.9. The van der Waals surface area contributed by atoms with Crippen LogP contribution in [0, 0.1) is 0 Å². The molecule has 5 nitrogen and oxygen atoms in total. The fraction of sp³-hybridized carbons (Fsp3) is 0.333. The summed E-state index contributed by atoms with van der Waals surface area (Å²) in [5.41, 5.74) is 0.822. The van der Waals surface area contributed by atoms with Gasteiger partial charge in [0.15, 0.2) is 5.13 Å². The molecule has 0 aliphatic rings. The van der Waals surface area contributed by atoms with Gasteiger partial charge in [0.25, 0.3) is 5.91 Å². The summed E-state index contributed by atoms with van der Waals surface area (Å²) in [5, 5.41) is 20.1. The van der Waals surface area contributed by atoms with E-state index >= 15 is 0 Å². The zero-order valence-corrected chi connectivity index (χ0v) is 12.1. The van der Waals surface area contributed by atoms with Crippen molar-refractivity contribution in [2.45, 2.75) is 13.0 Å². The van der Waals surface area contributed by atoms with Crippen LogP contribution in [0.1, 0.15) is 28.3 Å². The lowest BCUT2D eigenvalue weighted by Gasteiger charge is -2.09. The smallest absolute Gasteiger partial charge is 0.263 e. The van der Waals surface area contributed by atoms with Gasteiger partial charge in [-0.05, 0) is 29.3 Å². The Balaban J connectivity index is 1.86. The highest BCUT2D eigenvalue weighted by atomic mass is 32.1. The van der Waals surface area contributed by atoms with Crippen molar-refractivity contribution in [2.75, 3.05) is 18.4 Å². The van der Waals surface area contributed by atoms with Gasteiger partial charge in [-0.2, -0.15) is 11.3 Å². The Morgan fingerprint density at radius 1 is 1.58 bits per heavy atom. The van der Waals surface area contributed by atoms with Crippen LogP contribution in [0.5, 0.6) is 0 Å². The molecular formula is C12H15N3O2S2. The number of hydrogen-bond acceptors (Lipinski definition) is 6. The van der Waals surface area contributed by atoms with Crippen molar-refractivity contribution in [1.29, 1.82) is 0 Å². The van der Waals surface area contributed by atoms with Crippen LogP contribution in [0.15, 0.2) is 23.0 Å². The number of nitrogens with one attached hydrogen (secondary N) is 2. The minimum Gasteiger partial charge on any atom is -0.387 e. The van der Waals surface area contributed by atoms with Gasteiger partial charge in [0.2, 0.25) is 0 Å². The van der Waals surface area contributed by atoms with Crippen LogP contribution in [0.4, 0.5) is 5.13 Å². The summed E-state index contributed by atoms with van der Waals surface area (Å²) in [4.78, 5) is 16.5. The summed E-state index contributed by atoms with van der Waals surface area (Å²) in [5.74, 6) is -0.212. The van der Waals surface area contributed by atoms with Gasteiger partial charge in [0.05, 0.1) is 12.3 Å². The predicted octanol–water partition coefficient (Wildman–Crippen LogP) is 2.10. The third-order valence-electron chi connectivity index (χ3n) is 2.44. The summed E-state index contributed by atoms with van der Waals surface area (Å²) in [7, 11) is 0. The van der Waals surface area contributed by atoms with Crippen molar-refractivity contribution in [1.82, 2.24) is 10.3 Å². The van der Waals surface area contributed by atoms with Crippen molar-refractivity contribution in [3.63, 3.8) is 0 Å². The van der Waals surface area contributed by atoms with Gasteiger partial charge in [-0.1, -0.05) is 11.3 Å². The van der Waals surface area contributed by atoms with E-state index in [4.69, 9.17) is 0 Å². The average Bonchev–Trinajstić information content (AvgIpc) is 3.06. The fourth-order valence-corrected chi connectivity index (χ4v) is 2.98. The van der Waals surface area contributed by atoms with Crippen LogP contribution >= 0.6 is 22.7 Å². The lowest BCUT2D eigenvalue weighted by Crippen LogP contribution is -2.27. The molecule has 2 aromatic rings. The maximum Gasteiger partial charge on any atom is 0.263 e. The number of aromatic nitrogens is 1. The Morgan fingerprint density at radius 3 is 3.11 bits per heavy atom. The molecule has 1 atom stereocenters. The van der Waals surface area contributed by atoms with Gasteiger partial charge in [0, 0.05) is 13.1 Å². The standard InChI is InChI=1S/C12H15N3O2S2/c1-2-13-12-15-6-10(19-12)11(17)14-5-9(16)8-3-4-18-7-8/h3-4,6-7,9,16H,2,5H2,1H3,(H,13,15)(H,14,17). The van der Waals surface area contributed by atoms with Crippen LogP contribution in [0.2, 0.25) is 0 Å². The Hall–Kier alpha value is -1.44. The molecule has 0 saturated carbocycles. The molecule has 0 fully saturated rings. The summed E-state index contributed by atoms with van der Waals surface area (Å²) in [6.45, 7) is 2.94. The second-order valence-electron chi connectivity index (χ2n) is 3.84. The fourth-order valence-electron chi connectivity index (χ4n) is 1.47. The molecule has 0 saturated heterocycles. The number of amides is 1. The SMILES string of the molecule is CCNc1ncc(C(=O)NCC(O)c2ccsc2)s1. The molecule has 3 N–H and O–H groups in total. The van der Waals surface area contributed by atoms with Crippen molar-refractivity contribution in [2.24, 2.45) is 0 Å². The number of thiophene rings is 1. The Kier molecular flexibility index (Phi) is 4.89. The highest BCUT2D eigenvalue weighted by Crippen LogP contribution is 2.18. The molecule has 0 aromatic carbocycles. The number of carbonyl (C=O) groups excluding carboxylic acids is 1. The van der Waals surface area contributed by atoms with E-state index in [-0.39, 0.29) is 12.5 Å². The van der Waals surface area contributed by atoms with E-state index < -0.39 is 6.10 Å². The van der Waals surface area contributed by atoms with Crippen LogP contribution in [-0.2, 0) is 0 Å². The van der Waals surface area contributed by atoms with Crippen molar-refractivity contribution in [3.05, 3.63) is 33.5 Å². The van der Waals surface area contributed by atoms with Crippen LogP contribution in [-0.4, -0.2) is 29.1 Å². The molecule has 102 valence electrons. The Labute approximate surface area is 119 Å². The summed E-state index contributed by atoms with van der Waals surface area (Å²) in [6, 6.07) is 1.84. The van der Waals surface area contributed by atoms with Gasteiger partial charge in [-0.15, -0.1) is 0 Å². The van der Waals surface area contributed by atoms with Gasteiger partial charge >= 0.3 is 0 Å². The van der Waals surface area contributed by atoms with E-state index in [0.29, 0.717) is 4.88 Å². The Bertz CT molecular complexity index is 525. The van der Waals surface area contributed by atoms with E-state index in [0.717, 1.165) is 17.2 Å². The van der Waals surface area contributed by atoms with Gasteiger partial charge < -0.3 is 15.7 Å². The zero-order valence-electron chi connectivity index (χ0n) is 10.4. The minimum absolute atomic E-state index is 0.198. The second kappa shape index (κ2) is 6.65. The maximum absolute atomic E-state index is 11.9. The Morgan fingerprint density at radius 2 is 2.42 bits per heavy atom. The molecule has 1 unspecified atom stereocenters. The third kappa shape index (κ3) is 3.76. The molecule has 7 heteroatoms. The zero-order chi connectivity index (χ0) is 13.7. The number of nitrogens with zero attached hydrogens (tertiary/aromatic N) is 1. The number of hydrogen-bond donors (Lipinski definition) is 3. The molecule has 19 heavy (non-hydrogen) atoms. The monoisotopic (exact) mass is 297 g/mol. The van der Waals surface area contributed by atoms with E-state index in [1.165, 1.54) is 28.9 Å². The number of carbonyl (C=O) groups is 1. The van der Waals surface area contributed by atoms with Gasteiger partial charge in [0.1, 0.15) is 4.88 Å². The highest BCUT2D eigenvalue weighted by Gasteiger charge is 2.13. The van der Waals surface area contributed by atoms with E-state index in [2.05, 4.69) is 15.6 Å². The molecular weight excluding hydrogens is 282 g/mol. The minimum atomic E-state index is -0.670. The molecule has 0 spiro atoms. The van der Waals surface area contributed by atoms with Crippen molar-refractivity contribution >= 4 is 33.7 Å². The third-order valence-corrected chi connectivity index (χ3v) is 4.10. The lowest BCUT2D eigenvalue weighted by molar-refractivity contribution is 0.0920. The number of aliphatic hydroxyl groups excluding tert-OH is 1. The number of anilines is 1. The quantitative estimate of drug-likeness (QED) is 0.763. The highest BCUT2D eigenvalue weighted by molar-refractivity contribution is 7.17. The van der Waals surface area contributed by atoms with Crippen LogP contribution in [0.3, 0.4) is 0 Å². The number of aliphatic hydroxyl groups is 1. The molecule has 2 aromatic heterocycles. The molecule has 0 radical (unpaired) electrons. The largest absolute Gasteiger partial charge is 0.387 e. The second-order valence-corrected chi connectivity index (χ2v) is 5.65. The topological polar surface area (TPSA) is 74.2 Å². The number of rotatable bonds is 6. The van der Waals surface area contributed by atoms with Gasteiger partial charge in [-0.25, -0.2) is 4.98 Å².